The maximum absolute atomic E-state index is 14.3. The fraction of sp³-hybridized carbons (Fsp3) is 0.500. The second kappa shape index (κ2) is 32.0. The summed E-state index contributed by atoms with van der Waals surface area (Å²) in [4.78, 5) is 144. The summed E-state index contributed by atoms with van der Waals surface area (Å²) in [6.45, 7) is 12.7. The van der Waals surface area contributed by atoms with Crippen LogP contribution in [0.1, 0.15) is 96.7 Å². The van der Waals surface area contributed by atoms with Gasteiger partial charge >= 0.3 is 12.1 Å². The summed E-state index contributed by atoms with van der Waals surface area (Å²) in [5.74, 6) is -8.85. The average molecular weight is 1220 g/mol. The van der Waals surface area contributed by atoms with E-state index in [1.807, 2.05) is 76.2 Å². The van der Waals surface area contributed by atoms with E-state index in [9.17, 15) is 56.3 Å². The molecular weight excluding hydrogens is 1140 g/mol. The lowest BCUT2D eigenvalue weighted by Crippen LogP contribution is -2.60. The van der Waals surface area contributed by atoms with Crippen LogP contribution in [-0.2, 0) is 73.8 Å². The van der Waals surface area contributed by atoms with Crippen LogP contribution < -0.4 is 59.3 Å². The Kier molecular flexibility index (Phi) is 25.4. The Morgan fingerprint density at radius 2 is 1.32 bits per heavy atom. The molecule has 29 heteroatoms. The summed E-state index contributed by atoms with van der Waals surface area (Å²) in [5, 5.41) is 34.4. The summed E-state index contributed by atoms with van der Waals surface area (Å²) < 4.78 is 31.7. The second-order valence-corrected chi connectivity index (χ2v) is 22.7. The number of carboxylic acid groups (broad SMARTS) is 1. The number of halogens is 3. The van der Waals surface area contributed by atoms with Gasteiger partial charge in [0.1, 0.15) is 30.2 Å². The molecule has 474 valence electrons. The third-order valence-electron chi connectivity index (χ3n) is 14.3. The van der Waals surface area contributed by atoms with E-state index < -0.39 is 126 Å². The predicted octanol–water partition coefficient (Wildman–Crippen LogP) is 1.01. The molecule has 87 heavy (non-hydrogen) atoms. The number of hydrogen-bond acceptors (Lipinski definition) is 13. The van der Waals surface area contributed by atoms with Crippen LogP contribution in [-0.4, -0.2) is 152 Å². The number of amides is 9. The summed E-state index contributed by atoms with van der Waals surface area (Å²) >= 11 is 0. The Balaban J connectivity index is 0.00000185. The molecule has 3 unspecified atom stereocenters. The molecule has 6 rings (SSSR count). The van der Waals surface area contributed by atoms with E-state index in [4.69, 9.17) is 21.4 Å². The minimum atomic E-state index is -5.08. The number of H-pyrrole nitrogens is 3. The molecule has 8 atom stereocenters. The Hall–Kier alpha value is -8.86. The van der Waals surface area contributed by atoms with Gasteiger partial charge < -0.3 is 74.1 Å². The van der Waals surface area contributed by atoms with E-state index in [0.29, 0.717) is 37.1 Å². The Morgan fingerprint density at radius 1 is 0.701 bits per heavy atom. The maximum Gasteiger partial charge on any atom is 0.490 e. The van der Waals surface area contributed by atoms with Gasteiger partial charge in [-0.2, -0.15) is 13.2 Å². The normalized spacial score (nSPS) is 15.5. The lowest BCUT2D eigenvalue weighted by molar-refractivity contribution is -0.192. The van der Waals surface area contributed by atoms with Gasteiger partial charge in [0.25, 0.3) is 0 Å². The molecule has 0 radical (unpaired) electrons. The van der Waals surface area contributed by atoms with Gasteiger partial charge in [-0.3, -0.25) is 48.5 Å². The Labute approximate surface area is 500 Å². The number of imidazole rings is 1. The molecule has 17 N–H and O–H groups in total. The van der Waals surface area contributed by atoms with Gasteiger partial charge in [-0.15, -0.1) is 0 Å². The molecule has 2 aromatic carbocycles. The quantitative estimate of drug-likeness (QED) is 0.0305. The van der Waals surface area contributed by atoms with Crippen LogP contribution in [0.3, 0.4) is 0 Å². The van der Waals surface area contributed by atoms with Crippen LogP contribution in [0.15, 0.2) is 67.3 Å². The van der Waals surface area contributed by atoms with Crippen LogP contribution in [0.4, 0.5) is 13.2 Å². The highest BCUT2D eigenvalue weighted by Gasteiger charge is 2.39. The predicted molar refractivity (Wildman–Crippen MR) is 314 cm³/mol. The molecule has 0 saturated heterocycles. The largest absolute Gasteiger partial charge is 0.490 e. The standard InChI is InChI=1S/C56H79N15O9.C2HF3O2/c1-29(2)18-35(25-61-42(50(58)74)19-30(3)4)66-55(79)45(21-34-24-59-28-64-34)68-48(73)27-63-56(80)49(31(5)6)71-51(75)32(7)65-54(78)44(20-33-23-60-39-14-10-8-12-36(33)39)70-52(76)41(16-17-47(57)72)69-53(77)43-22-38-37-13-9-11-15-40(37)67-46(38)26-62-43;3-2(4,5)1(6)7/h8-15,23-24,28-32,35,41-45,49,60-62,67H,16-22,25-27H2,1-7H3,(H2,57,72)(H2,58,74)(H,59,64)(H,63,80)(H,65,78)(H,66,79)(H,68,73)(H,69,77)(H,70,76)(H,71,75);(H,6,7)/t32-,35?,41-,42?,43?,44-,45-,49-;/m0./s1. The van der Waals surface area contributed by atoms with Crippen molar-refractivity contribution in [1.29, 1.82) is 0 Å². The van der Waals surface area contributed by atoms with Crippen molar-refractivity contribution in [3.63, 3.8) is 0 Å². The average Bonchev–Trinajstić information content (AvgIpc) is 2.13. The molecule has 5 aromatic rings. The number of alkyl halides is 3. The monoisotopic (exact) mass is 1220 g/mol. The zero-order valence-electron chi connectivity index (χ0n) is 49.5. The molecule has 0 spiro atoms. The first-order valence-corrected chi connectivity index (χ1v) is 28.5. The van der Waals surface area contributed by atoms with Crippen molar-refractivity contribution in [2.75, 3.05) is 13.1 Å². The van der Waals surface area contributed by atoms with Crippen molar-refractivity contribution < 1.29 is 66.2 Å². The number of primary amides is 2. The molecule has 9 amide bonds. The number of hydrogen-bond donors (Lipinski definition) is 15. The number of carbonyl (C=O) groups excluding carboxylic acids is 9. The number of aliphatic carboxylic acids is 1. The molecule has 1 aliphatic heterocycles. The highest BCUT2D eigenvalue weighted by molar-refractivity contribution is 5.98. The number of fused-ring (bicyclic) bond motifs is 4. The first-order chi connectivity index (χ1) is 41.0. The van der Waals surface area contributed by atoms with Crippen LogP contribution in [0.25, 0.3) is 21.8 Å². The van der Waals surface area contributed by atoms with Gasteiger partial charge in [0, 0.05) is 84.0 Å². The Morgan fingerprint density at radius 3 is 1.93 bits per heavy atom. The molecule has 1 aliphatic rings. The number of nitrogens with two attached hydrogens (primary N) is 2. The molecule has 3 aromatic heterocycles. The Bertz CT molecular complexity index is 3200. The van der Waals surface area contributed by atoms with Crippen molar-refractivity contribution in [3.05, 3.63) is 89.8 Å². The van der Waals surface area contributed by atoms with Crippen LogP contribution in [0, 0.1) is 17.8 Å². The number of aromatic nitrogens is 4. The molecule has 4 heterocycles. The van der Waals surface area contributed by atoms with E-state index in [-0.39, 0.29) is 44.1 Å². The van der Waals surface area contributed by atoms with Crippen molar-refractivity contribution in [3.8, 4) is 0 Å². The van der Waals surface area contributed by atoms with Crippen molar-refractivity contribution in [2.45, 2.75) is 154 Å². The minimum Gasteiger partial charge on any atom is -0.475 e. The molecular formula is C58H80F3N15O11. The fourth-order valence-corrected chi connectivity index (χ4v) is 9.82. The first kappa shape index (κ1) is 68.9. The molecule has 0 aliphatic carbocycles. The first-order valence-electron chi connectivity index (χ1n) is 28.5. The number of nitrogens with zero attached hydrogens (tertiary/aromatic N) is 1. The van der Waals surface area contributed by atoms with Crippen LogP contribution >= 0.6 is 0 Å². The lowest BCUT2D eigenvalue weighted by atomic mass is 9.97. The van der Waals surface area contributed by atoms with E-state index in [0.717, 1.165) is 33.1 Å². The van der Waals surface area contributed by atoms with Crippen molar-refractivity contribution in [1.82, 2.24) is 67.8 Å². The van der Waals surface area contributed by atoms with Gasteiger partial charge in [0.2, 0.25) is 53.2 Å². The van der Waals surface area contributed by atoms with Crippen molar-refractivity contribution in [2.24, 2.45) is 29.2 Å². The number of carboxylic acids is 1. The number of benzene rings is 2. The highest BCUT2D eigenvalue weighted by Crippen LogP contribution is 2.27. The summed E-state index contributed by atoms with van der Waals surface area (Å²) in [7, 11) is 0. The minimum absolute atomic E-state index is 0.0313. The third-order valence-corrected chi connectivity index (χ3v) is 14.3. The number of nitrogens with one attached hydrogen (secondary N) is 12. The zero-order chi connectivity index (χ0) is 64.3. The maximum atomic E-state index is 14.3. The van der Waals surface area contributed by atoms with E-state index in [2.05, 4.69) is 67.8 Å². The fourth-order valence-electron chi connectivity index (χ4n) is 9.82. The summed E-state index contributed by atoms with van der Waals surface area (Å²) in [6.07, 6.45) is 0.507. The lowest BCUT2D eigenvalue weighted by Gasteiger charge is -2.28. The summed E-state index contributed by atoms with van der Waals surface area (Å²) in [5.41, 5.74) is 16.0. The smallest absolute Gasteiger partial charge is 0.475 e. The van der Waals surface area contributed by atoms with E-state index >= 15 is 0 Å². The molecule has 26 nitrogen and oxygen atoms in total. The zero-order valence-corrected chi connectivity index (χ0v) is 49.5. The van der Waals surface area contributed by atoms with Crippen LogP contribution in [0.2, 0.25) is 0 Å². The number of aromatic amines is 3. The number of carbonyl (C=O) groups is 10. The second-order valence-electron chi connectivity index (χ2n) is 22.7. The van der Waals surface area contributed by atoms with E-state index in [1.54, 1.807) is 20.0 Å². The van der Waals surface area contributed by atoms with Gasteiger partial charge in [-0.05, 0) is 73.6 Å². The number of rotatable bonds is 30. The van der Waals surface area contributed by atoms with Gasteiger partial charge in [0.05, 0.1) is 25.0 Å². The SMILES string of the molecule is CC(C)CC(CNC(CC(C)C)C(N)=O)NC(=O)[C@H](Cc1cnc[nH]1)NC(=O)CNC(=O)[C@@H](NC(=O)[C@H](C)NC(=O)[C@H](Cc1c[nH]c2ccccc12)NC(=O)[C@H](CCC(N)=O)NC(=O)C1Cc2c([nH]c3ccccc23)CN1)C(C)C.O=C(O)C(F)(F)F. The van der Waals surface area contributed by atoms with Crippen LogP contribution in [0.5, 0.6) is 0 Å². The van der Waals surface area contributed by atoms with Gasteiger partial charge in [0.15, 0.2) is 0 Å². The van der Waals surface area contributed by atoms with Gasteiger partial charge in [-0.1, -0.05) is 77.9 Å². The number of para-hydroxylation sites is 2. The molecule has 0 saturated carbocycles. The molecule has 0 fully saturated rings. The van der Waals surface area contributed by atoms with E-state index in [1.165, 1.54) is 19.4 Å². The topological polar surface area (TPSA) is 411 Å². The molecule has 0 bridgehead atoms. The van der Waals surface area contributed by atoms with Crippen molar-refractivity contribution >= 4 is 80.9 Å². The highest BCUT2D eigenvalue weighted by atomic mass is 19.4. The third kappa shape index (κ3) is 21.3. The van der Waals surface area contributed by atoms with Gasteiger partial charge in [-0.25, -0.2) is 9.78 Å². The summed E-state index contributed by atoms with van der Waals surface area (Å²) in [6, 6.07) is 7.15.